The Labute approximate surface area is 204 Å². The number of rotatable bonds is 7. The molecule has 5 aromatic rings. The third kappa shape index (κ3) is 4.30. The first kappa shape index (κ1) is 20.1. The van der Waals surface area contributed by atoms with Gasteiger partial charge in [0.15, 0.2) is 5.65 Å². The molecule has 0 aliphatic rings. The fraction of sp³-hybridized carbons (Fsp3) is 0.222. The maximum absolute atomic E-state index is 12.9. The average molecular weight is 473 g/mol. The summed E-state index contributed by atoms with van der Waals surface area (Å²) < 4.78 is 35.1. The van der Waals surface area contributed by atoms with E-state index in [9.17, 15) is 4.79 Å². The number of fused-ring (bicyclic) bond motifs is 2. The van der Waals surface area contributed by atoms with E-state index in [0.717, 1.165) is 21.9 Å². The number of methoxy groups -OCH3 is 2. The van der Waals surface area contributed by atoms with Crippen LogP contribution in [0.5, 0.6) is 17.4 Å². The molecule has 0 saturated carbocycles. The van der Waals surface area contributed by atoms with Crippen LogP contribution in [-0.2, 0) is 6.54 Å². The van der Waals surface area contributed by atoms with Gasteiger partial charge in [-0.25, -0.2) is 4.98 Å². The molecule has 0 aliphatic carbocycles. The summed E-state index contributed by atoms with van der Waals surface area (Å²) in [7, 11) is 2.96. The molecule has 2 aromatic carbocycles. The van der Waals surface area contributed by atoms with Crippen molar-refractivity contribution >= 4 is 21.8 Å². The van der Waals surface area contributed by atoms with Gasteiger partial charge >= 0.3 is 0 Å². The molecule has 0 fully saturated rings. The predicted octanol–water partition coefficient (Wildman–Crippen LogP) is 4.65. The quantitative estimate of drug-likeness (QED) is 0.371. The summed E-state index contributed by atoms with van der Waals surface area (Å²) >= 11 is 0. The number of ether oxygens (including phenoxy) is 3. The van der Waals surface area contributed by atoms with Crippen LogP contribution in [0.2, 0.25) is 0 Å². The molecule has 3 aromatic heterocycles. The number of nitrogens with zero attached hydrogens (tertiary/aromatic N) is 3. The Hall–Kier alpha value is -4.33. The van der Waals surface area contributed by atoms with Gasteiger partial charge in [-0.2, -0.15) is 4.98 Å². The summed E-state index contributed by atoms with van der Waals surface area (Å²) in [6.07, 6.45) is 0.613. The Morgan fingerprint density at radius 1 is 1.00 bits per heavy atom. The zero-order chi connectivity index (χ0) is 26.3. The first-order valence-corrected chi connectivity index (χ1v) is 11.1. The van der Waals surface area contributed by atoms with Crippen molar-refractivity contribution in [3.63, 3.8) is 0 Å². The molecular formula is C27H26N4O4. The van der Waals surface area contributed by atoms with E-state index >= 15 is 0 Å². The first-order chi connectivity index (χ1) is 17.8. The van der Waals surface area contributed by atoms with Gasteiger partial charge in [-0.1, -0.05) is 24.3 Å². The van der Waals surface area contributed by atoms with E-state index in [4.69, 9.17) is 17.0 Å². The number of aromatic amines is 1. The van der Waals surface area contributed by atoms with Crippen LogP contribution in [0.3, 0.4) is 0 Å². The lowest BCUT2D eigenvalue weighted by atomic mass is 10.0. The van der Waals surface area contributed by atoms with Crippen molar-refractivity contribution < 1.29 is 17.0 Å². The fourth-order valence-electron chi connectivity index (χ4n) is 4.15. The molecule has 8 nitrogen and oxygen atoms in total. The number of pyridine rings is 1. The van der Waals surface area contributed by atoms with Crippen LogP contribution in [0.15, 0.2) is 59.6 Å². The van der Waals surface area contributed by atoms with Crippen LogP contribution < -0.4 is 19.8 Å². The molecule has 35 heavy (non-hydrogen) atoms. The van der Waals surface area contributed by atoms with Crippen molar-refractivity contribution in [3.05, 3.63) is 76.3 Å². The highest BCUT2D eigenvalue weighted by Crippen LogP contribution is 2.30. The van der Waals surface area contributed by atoms with Crippen molar-refractivity contribution in [2.75, 3.05) is 20.8 Å². The van der Waals surface area contributed by atoms with E-state index in [1.54, 1.807) is 10.6 Å². The van der Waals surface area contributed by atoms with Gasteiger partial charge in [0.1, 0.15) is 29.3 Å². The van der Waals surface area contributed by atoms with Gasteiger partial charge in [-0.15, -0.1) is 0 Å². The molecule has 0 radical (unpaired) electrons. The van der Waals surface area contributed by atoms with Crippen LogP contribution in [0.4, 0.5) is 0 Å². The fourth-order valence-corrected chi connectivity index (χ4v) is 4.15. The number of H-pyrrole nitrogens is 1. The first-order valence-electron chi connectivity index (χ1n) is 12.1. The number of hydrogen-bond donors (Lipinski definition) is 1. The number of aryl methyl sites for hydroxylation is 2. The van der Waals surface area contributed by atoms with E-state index in [0.29, 0.717) is 54.3 Å². The highest BCUT2D eigenvalue weighted by Gasteiger charge is 2.16. The maximum atomic E-state index is 12.9. The summed E-state index contributed by atoms with van der Waals surface area (Å²) in [5.74, 6) is 1.71. The van der Waals surface area contributed by atoms with Gasteiger partial charge in [0.25, 0.3) is 5.56 Å². The van der Waals surface area contributed by atoms with Crippen molar-refractivity contribution in [2.24, 2.45) is 0 Å². The smallest absolute Gasteiger partial charge is 0.264 e. The second-order valence-electron chi connectivity index (χ2n) is 8.19. The lowest BCUT2D eigenvalue weighted by Gasteiger charge is -2.15. The van der Waals surface area contributed by atoms with Gasteiger partial charge in [-0.05, 0) is 47.9 Å². The van der Waals surface area contributed by atoms with Gasteiger partial charge in [0.05, 0.1) is 23.5 Å². The zero-order valence-electron chi connectivity index (χ0n) is 21.9. The predicted molar refractivity (Wildman–Crippen MR) is 136 cm³/mol. The van der Waals surface area contributed by atoms with Gasteiger partial charge in [0, 0.05) is 24.0 Å². The Morgan fingerprint density at radius 3 is 2.31 bits per heavy atom. The van der Waals surface area contributed by atoms with E-state index in [2.05, 4.69) is 15.0 Å². The molecule has 0 atom stereocenters. The van der Waals surface area contributed by atoms with Crippen LogP contribution in [-0.4, -0.2) is 40.3 Å². The zero-order valence-corrected chi connectivity index (χ0v) is 19.9. The van der Waals surface area contributed by atoms with Gasteiger partial charge in [0.2, 0.25) is 5.88 Å². The minimum atomic E-state index is -0.362. The second-order valence-corrected chi connectivity index (χ2v) is 8.19. The van der Waals surface area contributed by atoms with E-state index < -0.39 is 0 Å². The van der Waals surface area contributed by atoms with Crippen LogP contribution in [0.25, 0.3) is 33.2 Å². The second kappa shape index (κ2) is 9.13. The van der Waals surface area contributed by atoms with Crippen LogP contribution >= 0.6 is 0 Å². The van der Waals surface area contributed by atoms with Gasteiger partial charge in [-0.3, -0.25) is 4.79 Å². The standard InChI is InChI=1S/C27H26N4O4/c1-16-11-20(25-29-26-23(27(32)30-25)21(33-3)13-22(28-26)34-4)12-17(2)24(16)35-10-9-31-14-18-7-5-6-8-19(18)15-31/h5-8,11-15H,9-10H2,1-4H3,(H,28,29,30,32)/i14D,15D. The SMILES string of the molecule is [2H]c1c2ccccc2c([2H])n1CCOc1c(C)cc(-c2nc3nc(OC)cc(OC)c3c(=O)[nH]2)cc1C. The Morgan fingerprint density at radius 2 is 1.69 bits per heavy atom. The molecule has 5 rings (SSSR count). The molecule has 0 spiro atoms. The summed E-state index contributed by atoms with van der Waals surface area (Å²) in [6, 6.07) is 12.8. The van der Waals surface area contributed by atoms with Gasteiger partial charge < -0.3 is 23.8 Å². The summed E-state index contributed by atoms with van der Waals surface area (Å²) in [4.78, 5) is 24.6. The molecule has 0 amide bonds. The Kier molecular flexibility index (Phi) is 5.24. The van der Waals surface area contributed by atoms with E-state index in [1.807, 2.05) is 50.2 Å². The molecular weight excluding hydrogens is 444 g/mol. The normalized spacial score (nSPS) is 12.0. The summed E-state index contributed by atoms with van der Waals surface area (Å²) in [5, 5.41) is 1.76. The molecule has 0 unspecified atom stereocenters. The van der Waals surface area contributed by atoms with Crippen molar-refractivity contribution in [1.82, 2.24) is 19.5 Å². The van der Waals surface area contributed by atoms with Crippen LogP contribution in [0, 0.1) is 13.8 Å². The summed E-state index contributed by atoms with van der Waals surface area (Å²) in [5.41, 5.74) is 2.30. The van der Waals surface area contributed by atoms with Crippen molar-refractivity contribution in [3.8, 4) is 28.8 Å². The highest BCUT2D eigenvalue weighted by molar-refractivity contribution is 5.83. The number of aromatic nitrogens is 4. The molecule has 8 heteroatoms. The molecule has 3 heterocycles. The van der Waals surface area contributed by atoms with E-state index in [1.165, 1.54) is 14.2 Å². The topological polar surface area (TPSA) is 91.3 Å². The molecule has 0 saturated heterocycles. The minimum Gasteiger partial charge on any atom is -0.496 e. The minimum absolute atomic E-state index is 0.224. The Bertz CT molecular complexity index is 1650. The third-order valence-corrected chi connectivity index (χ3v) is 5.78. The van der Waals surface area contributed by atoms with Crippen LogP contribution in [0.1, 0.15) is 13.9 Å². The maximum Gasteiger partial charge on any atom is 0.264 e. The van der Waals surface area contributed by atoms with E-state index in [-0.39, 0.29) is 16.6 Å². The monoisotopic (exact) mass is 472 g/mol. The average Bonchev–Trinajstić information content (AvgIpc) is 3.14. The lowest BCUT2D eigenvalue weighted by molar-refractivity contribution is 0.295. The molecule has 178 valence electrons. The Balaban J connectivity index is 1.42. The summed E-state index contributed by atoms with van der Waals surface area (Å²) in [6.45, 7) is 4.52. The number of hydrogen-bond acceptors (Lipinski definition) is 6. The largest absolute Gasteiger partial charge is 0.496 e. The number of nitrogens with one attached hydrogen (secondary N) is 1. The molecule has 1 N–H and O–H groups in total. The molecule has 0 bridgehead atoms. The molecule has 0 aliphatic heterocycles. The van der Waals surface area contributed by atoms with Crippen molar-refractivity contribution in [2.45, 2.75) is 20.4 Å². The highest BCUT2D eigenvalue weighted by atomic mass is 16.5. The number of benzene rings is 2. The third-order valence-electron chi connectivity index (χ3n) is 5.78. The van der Waals surface area contributed by atoms with Crippen molar-refractivity contribution in [1.29, 1.82) is 0 Å². The lowest BCUT2D eigenvalue weighted by Crippen LogP contribution is -2.12.